The number of amidine groups is 2. The molecule has 3 rings (SSSR count). The maximum absolute atomic E-state index is 6.35. The summed E-state index contributed by atoms with van der Waals surface area (Å²) in [5.74, 6) is 0.363. The molecule has 0 atom stereocenters. The molecule has 2 aliphatic heterocycles. The summed E-state index contributed by atoms with van der Waals surface area (Å²) in [7, 11) is 0. The van der Waals surface area contributed by atoms with Crippen molar-refractivity contribution in [3.05, 3.63) is 23.2 Å². The first kappa shape index (κ1) is 14.6. The van der Waals surface area contributed by atoms with E-state index in [0.717, 1.165) is 24.5 Å². The van der Waals surface area contributed by atoms with Gasteiger partial charge in [0, 0.05) is 13.1 Å². The number of ether oxygens (including phenoxy) is 1. The molecule has 0 aliphatic carbocycles. The Kier molecular flexibility index (Phi) is 4.12. The van der Waals surface area contributed by atoms with E-state index in [0.29, 0.717) is 23.9 Å². The molecule has 0 bridgehead atoms. The molecule has 1 aromatic rings. The molecule has 1 saturated heterocycles. The normalized spacial score (nSPS) is 18.0. The molecule has 0 amide bonds. The Labute approximate surface area is 132 Å². The Morgan fingerprint density at radius 1 is 1.18 bits per heavy atom. The Hall–Kier alpha value is -2.32. The summed E-state index contributed by atoms with van der Waals surface area (Å²) in [5.41, 5.74) is 16.1. The molecule has 22 heavy (non-hydrogen) atoms. The second-order valence-electron chi connectivity index (χ2n) is 4.81. The summed E-state index contributed by atoms with van der Waals surface area (Å²) in [6.07, 6.45) is 0. The third-order valence-electron chi connectivity index (χ3n) is 3.35. The minimum absolute atomic E-state index is 0.182. The highest BCUT2D eigenvalue weighted by molar-refractivity contribution is 6.68. The van der Waals surface area contributed by atoms with E-state index in [2.05, 4.69) is 25.6 Å². The third kappa shape index (κ3) is 2.97. The molecule has 116 valence electrons. The third-order valence-corrected chi connectivity index (χ3v) is 3.65. The van der Waals surface area contributed by atoms with Gasteiger partial charge in [-0.25, -0.2) is 0 Å². The van der Waals surface area contributed by atoms with Gasteiger partial charge in [0.25, 0.3) is 0 Å². The van der Waals surface area contributed by atoms with E-state index in [9.17, 15) is 0 Å². The van der Waals surface area contributed by atoms with Gasteiger partial charge >= 0.3 is 0 Å². The Balaban J connectivity index is 1.73. The first-order valence-electron chi connectivity index (χ1n) is 6.78. The predicted octanol–water partition coefficient (Wildman–Crippen LogP) is 0.588. The smallest absolute Gasteiger partial charge is 0.177 e. The topological polar surface area (TPSA) is 114 Å². The lowest BCUT2D eigenvalue weighted by Gasteiger charge is -2.29. The molecule has 2 heterocycles. The zero-order valence-corrected chi connectivity index (χ0v) is 12.5. The molecule has 2 aliphatic rings. The van der Waals surface area contributed by atoms with Gasteiger partial charge in [-0.05, 0) is 18.2 Å². The van der Waals surface area contributed by atoms with Gasteiger partial charge in [0.15, 0.2) is 17.4 Å². The highest BCUT2D eigenvalue weighted by atomic mass is 35.5. The number of morpholine rings is 1. The van der Waals surface area contributed by atoms with Crippen LogP contribution >= 0.6 is 11.6 Å². The van der Waals surface area contributed by atoms with Crippen LogP contribution in [0.1, 0.15) is 0 Å². The van der Waals surface area contributed by atoms with Crippen LogP contribution in [-0.4, -0.2) is 43.7 Å². The highest BCUT2D eigenvalue weighted by Crippen LogP contribution is 2.29. The number of hydrazone groups is 1. The SMILES string of the molecule is NC1=NN=C(N)C1=NNc1ccc(N2CCOCC2)c(Cl)c1. The van der Waals surface area contributed by atoms with Gasteiger partial charge in [0.1, 0.15) is 0 Å². The van der Waals surface area contributed by atoms with Gasteiger partial charge in [0.2, 0.25) is 0 Å². The van der Waals surface area contributed by atoms with E-state index in [4.69, 9.17) is 27.8 Å². The molecule has 0 aromatic heterocycles. The summed E-state index contributed by atoms with van der Waals surface area (Å²) in [6.45, 7) is 3.08. The second kappa shape index (κ2) is 6.20. The van der Waals surface area contributed by atoms with E-state index in [-0.39, 0.29) is 11.7 Å². The van der Waals surface area contributed by atoms with Crippen LogP contribution in [-0.2, 0) is 4.74 Å². The largest absolute Gasteiger partial charge is 0.380 e. The monoisotopic (exact) mass is 321 g/mol. The number of benzene rings is 1. The molecular formula is C13H16ClN7O. The molecular weight excluding hydrogens is 306 g/mol. The molecule has 1 aromatic carbocycles. The Bertz CT molecular complexity index is 644. The fourth-order valence-corrected chi connectivity index (χ4v) is 2.51. The average Bonchev–Trinajstić information content (AvgIpc) is 2.85. The molecule has 1 fully saturated rings. The van der Waals surface area contributed by atoms with Crippen LogP contribution in [0, 0.1) is 0 Å². The number of hydrogen-bond acceptors (Lipinski definition) is 8. The zero-order valence-electron chi connectivity index (χ0n) is 11.8. The summed E-state index contributed by atoms with van der Waals surface area (Å²) in [6, 6.07) is 5.63. The van der Waals surface area contributed by atoms with Gasteiger partial charge in [-0.1, -0.05) is 11.6 Å². The van der Waals surface area contributed by atoms with Crippen molar-refractivity contribution in [2.24, 2.45) is 26.8 Å². The van der Waals surface area contributed by atoms with Crippen molar-refractivity contribution in [1.82, 2.24) is 0 Å². The van der Waals surface area contributed by atoms with E-state index in [1.54, 1.807) is 6.07 Å². The van der Waals surface area contributed by atoms with Gasteiger partial charge < -0.3 is 21.1 Å². The molecule has 9 heteroatoms. The van der Waals surface area contributed by atoms with Gasteiger partial charge in [-0.15, -0.1) is 10.2 Å². The van der Waals surface area contributed by atoms with Crippen molar-refractivity contribution in [3.8, 4) is 0 Å². The van der Waals surface area contributed by atoms with Gasteiger partial charge in [-0.2, -0.15) is 5.10 Å². The van der Waals surface area contributed by atoms with Crippen molar-refractivity contribution < 1.29 is 4.74 Å². The van der Waals surface area contributed by atoms with E-state index >= 15 is 0 Å². The fraction of sp³-hybridized carbons (Fsp3) is 0.308. The lowest BCUT2D eigenvalue weighted by Crippen LogP contribution is -2.36. The Morgan fingerprint density at radius 2 is 1.86 bits per heavy atom. The maximum atomic E-state index is 6.35. The minimum atomic E-state index is 0.182. The van der Waals surface area contributed by atoms with Crippen LogP contribution in [0.2, 0.25) is 5.02 Å². The number of halogens is 1. The number of rotatable bonds is 3. The number of nitrogens with one attached hydrogen (secondary N) is 1. The number of nitrogens with two attached hydrogens (primary N) is 2. The van der Waals surface area contributed by atoms with E-state index < -0.39 is 0 Å². The lowest BCUT2D eigenvalue weighted by atomic mass is 10.2. The minimum Gasteiger partial charge on any atom is -0.380 e. The van der Waals surface area contributed by atoms with Gasteiger partial charge in [0.05, 0.1) is 29.6 Å². The standard InChI is InChI=1S/C13H16ClN7O/c14-9-7-8(17-18-11-12(15)19-20-13(11)16)1-2-10(9)21-3-5-22-6-4-21/h1-2,7,17H,3-6H2,(H4,15,16,18,19,20). The van der Waals surface area contributed by atoms with Crippen molar-refractivity contribution in [3.63, 3.8) is 0 Å². The second-order valence-corrected chi connectivity index (χ2v) is 5.22. The molecule has 0 spiro atoms. The van der Waals surface area contributed by atoms with Crippen LogP contribution in [0.5, 0.6) is 0 Å². The van der Waals surface area contributed by atoms with Gasteiger partial charge in [-0.3, -0.25) is 5.43 Å². The molecule has 0 unspecified atom stereocenters. The van der Waals surface area contributed by atoms with Crippen molar-refractivity contribution in [2.75, 3.05) is 36.6 Å². The van der Waals surface area contributed by atoms with Crippen LogP contribution in [0.4, 0.5) is 11.4 Å². The van der Waals surface area contributed by atoms with Crippen LogP contribution in [0.3, 0.4) is 0 Å². The zero-order chi connectivity index (χ0) is 15.5. The van der Waals surface area contributed by atoms with Crippen molar-refractivity contribution in [1.29, 1.82) is 0 Å². The molecule has 8 nitrogen and oxygen atoms in total. The average molecular weight is 322 g/mol. The first-order chi connectivity index (χ1) is 10.6. The number of nitrogens with zero attached hydrogens (tertiary/aromatic N) is 4. The summed E-state index contributed by atoms with van der Waals surface area (Å²) in [5, 5.41) is 12.0. The number of hydrogen-bond donors (Lipinski definition) is 3. The lowest BCUT2D eigenvalue weighted by molar-refractivity contribution is 0.122. The predicted molar refractivity (Wildman–Crippen MR) is 88.8 cm³/mol. The molecule has 5 N–H and O–H groups in total. The van der Waals surface area contributed by atoms with E-state index in [1.807, 2.05) is 12.1 Å². The van der Waals surface area contributed by atoms with Crippen molar-refractivity contribution >= 4 is 40.4 Å². The maximum Gasteiger partial charge on any atom is 0.177 e. The van der Waals surface area contributed by atoms with Crippen LogP contribution < -0.4 is 21.8 Å². The number of anilines is 2. The summed E-state index contributed by atoms with van der Waals surface area (Å²) in [4.78, 5) is 2.19. The van der Waals surface area contributed by atoms with Crippen LogP contribution in [0.15, 0.2) is 33.5 Å². The molecule has 0 radical (unpaired) electrons. The summed E-state index contributed by atoms with van der Waals surface area (Å²) >= 11 is 6.35. The molecule has 0 saturated carbocycles. The fourth-order valence-electron chi connectivity index (χ4n) is 2.21. The summed E-state index contributed by atoms with van der Waals surface area (Å²) < 4.78 is 5.34. The van der Waals surface area contributed by atoms with Crippen LogP contribution in [0.25, 0.3) is 0 Å². The van der Waals surface area contributed by atoms with E-state index in [1.165, 1.54) is 0 Å². The highest BCUT2D eigenvalue weighted by Gasteiger charge is 2.17. The quantitative estimate of drug-likeness (QED) is 0.705. The van der Waals surface area contributed by atoms with Crippen molar-refractivity contribution in [2.45, 2.75) is 0 Å². The Morgan fingerprint density at radius 3 is 2.50 bits per heavy atom. The first-order valence-corrected chi connectivity index (χ1v) is 7.16.